The van der Waals surface area contributed by atoms with Crippen molar-refractivity contribution in [3.63, 3.8) is 0 Å². The van der Waals surface area contributed by atoms with Crippen LogP contribution in [0.15, 0.2) is 29.4 Å². The first-order valence-electron chi connectivity index (χ1n) is 7.57. The van der Waals surface area contributed by atoms with E-state index in [0.717, 1.165) is 11.3 Å². The van der Waals surface area contributed by atoms with Gasteiger partial charge in [-0.2, -0.15) is 9.94 Å². The maximum atomic E-state index is 12.2. The van der Waals surface area contributed by atoms with Crippen LogP contribution in [0.2, 0.25) is 0 Å². The highest BCUT2D eigenvalue weighted by atomic mass is 32.2. The standard InChI is InChI=1S/C16H20N6OS/c1-11(2)16(4,10-17)18-14(23)9-24-15-19-20-21-22(15)13-8-6-5-7-12(13)3/h5-8,11H,9H2,1-4H3,(H,18,23)/t16-/m1/s1. The quantitative estimate of drug-likeness (QED) is 0.806. The molecule has 1 amide bonds. The Bertz CT molecular complexity index is 766. The molecule has 126 valence electrons. The summed E-state index contributed by atoms with van der Waals surface area (Å²) in [6.07, 6.45) is 0. The summed E-state index contributed by atoms with van der Waals surface area (Å²) in [6, 6.07) is 9.90. The summed E-state index contributed by atoms with van der Waals surface area (Å²) in [4.78, 5) is 12.2. The van der Waals surface area contributed by atoms with Gasteiger partial charge in [0, 0.05) is 0 Å². The van der Waals surface area contributed by atoms with E-state index in [4.69, 9.17) is 0 Å². The van der Waals surface area contributed by atoms with Crippen LogP contribution in [0.25, 0.3) is 5.69 Å². The summed E-state index contributed by atoms with van der Waals surface area (Å²) in [5.74, 6) is -0.0817. The minimum Gasteiger partial charge on any atom is -0.337 e. The molecule has 1 aromatic carbocycles. The Morgan fingerprint density at radius 1 is 1.46 bits per heavy atom. The van der Waals surface area contributed by atoms with E-state index in [9.17, 15) is 10.1 Å². The van der Waals surface area contributed by atoms with E-state index in [1.165, 1.54) is 11.8 Å². The molecule has 0 saturated carbocycles. The van der Waals surface area contributed by atoms with E-state index in [-0.39, 0.29) is 17.6 Å². The highest BCUT2D eigenvalue weighted by molar-refractivity contribution is 7.99. The van der Waals surface area contributed by atoms with Gasteiger partial charge < -0.3 is 5.32 Å². The summed E-state index contributed by atoms with van der Waals surface area (Å²) in [5.41, 5.74) is 1.02. The van der Waals surface area contributed by atoms with Crippen LogP contribution in [0.1, 0.15) is 26.3 Å². The van der Waals surface area contributed by atoms with Gasteiger partial charge in [-0.1, -0.05) is 43.8 Å². The van der Waals surface area contributed by atoms with Crippen LogP contribution in [0, 0.1) is 24.2 Å². The van der Waals surface area contributed by atoms with Gasteiger partial charge in [0.05, 0.1) is 17.5 Å². The Kier molecular flexibility index (Phi) is 5.57. The second-order valence-corrected chi connectivity index (χ2v) is 6.91. The normalized spacial score (nSPS) is 13.3. The van der Waals surface area contributed by atoms with E-state index in [0.29, 0.717) is 5.16 Å². The molecule has 2 rings (SSSR count). The zero-order chi connectivity index (χ0) is 17.7. The number of nitrogens with one attached hydrogen (secondary N) is 1. The van der Waals surface area contributed by atoms with Crippen LogP contribution in [-0.4, -0.2) is 37.4 Å². The molecule has 0 fully saturated rings. The number of rotatable bonds is 6. The number of nitriles is 1. The number of amides is 1. The molecule has 0 aliphatic carbocycles. The minimum absolute atomic E-state index is 0.00809. The smallest absolute Gasteiger partial charge is 0.231 e. The average molecular weight is 344 g/mol. The second kappa shape index (κ2) is 7.45. The van der Waals surface area contributed by atoms with E-state index >= 15 is 0 Å². The van der Waals surface area contributed by atoms with Gasteiger partial charge in [-0.15, -0.1) is 5.10 Å². The molecule has 0 aliphatic heterocycles. The first-order chi connectivity index (χ1) is 11.4. The molecule has 1 aromatic heterocycles. The third-order valence-electron chi connectivity index (χ3n) is 3.90. The molecule has 24 heavy (non-hydrogen) atoms. The highest BCUT2D eigenvalue weighted by Crippen LogP contribution is 2.21. The van der Waals surface area contributed by atoms with Crippen molar-refractivity contribution in [1.29, 1.82) is 5.26 Å². The van der Waals surface area contributed by atoms with Crippen molar-refractivity contribution in [3.8, 4) is 11.8 Å². The molecule has 1 atom stereocenters. The Balaban J connectivity index is 2.07. The van der Waals surface area contributed by atoms with E-state index in [1.54, 1.807) is 11.6 Å². The van der Waals surface area contributed by atoms with Gasteiger partial charge in [0.2, 0.25) is 11.1 Å². The molecule has 2 aromatic rings. The zero-order valence-electron chi connectivity index (χ0n) is 14.1. The van der Waals surface area contributed by atoms with Gasteiger partial charge in [0.25, 0.3) is 0 Å². The first-order valence-corrected chi connectivity index (χ1v) is 8.55. The van der Waals surface area contributed by atoms with Gasteiger partial charge in [0.15, 0.2) is 0 Å². The maximum absolute atomic E-state index is 12.2. The van der Waals surface area contributed by atoms with Gasteiger partial charge >= 0.3 is 0 Å². The number of hydrogen-bond donors (Lipinski definition) is 1. The molecular formula is C16H20N6OS. The fraction of sp³-hybridized carbons (Fsp3) is 0.438. The van der Waals surface area contributed by atoms with Crippen molar-refractivity contribution in [1.82, 2.24) is 25.5 Å². The number of tetrazole rings is 1. The Labute approximate surface area is 145 Å². The lowest BCUT2D eigenvalue weighted by Crippen LogP contribution is -2.49. The van der Waals surface area contributed by atoms with E-state index < -0.39 is 5.54 Å². The predicted octanol–water partition coefficient (Wildman–Crippen LogP) is 2.12. The summed E-state index contributed by atoms with van der Waals surface area (Å²) in [5, 5.41) is 24.2. The van der Waals surface area contributed by atoms with Crippen LogP contribution in [0.3, 0.4) is 0 Å². The number of thioether (sulfide) groups is 1. The largest absolute Gasteiger partial charge is 0.337 e. The molecule has 1 N–H and O–H groups in total. The molecule has 1 heterocycles. The van der Waals surface area contributed by atoms with Crippen molar-refractivity contribution in [3.05, 3.63) is 29.8 Å². The summed E-state index contributed by atoms with van der Waals surface area (Å²) in [7, 11) is 0. The zero-order valence-corrected chi connectivity index (χ0v) is 15.0. The number of aryl methyl sites for hydroxylation is 1. The van der Waals surface area contributed by atoms with Crippen LogP contribution >= 0.6 is 11.8 Å². The SMILES string of the molecule is Cc1ccccc1-n1nnnc1SCC(=O)N[C@](C)(C#N)C(C)C. The number of carbonyl (C=O) groups is 1. The Morgan fingerprint density at radius 2 is 2.17 bits per heavy atom. The van der Waals surface area contributed by atoms with Gasteiger partial charge in [-0.25, -0.2) is 0 Å². The predicted molar refractivity (Wildman–Crippen MR) is 91.6 cm³/mol. The molecule has 0 radical (unpaired) electrons. The molecule has 0 saturated heterocycles. The number of nitrogens with zero attached hydrogens (tertiary/aromatic N) is 5. The van der Waals surface area contributed by atoms with Gasteiger partial charge in [0.1, 0.15) is 5.54 Å². The topological polar surface area (TPSA) is 96.5 Å². The molecule has 0 unspecified atom stereocenters. The lowest BCUT2D eigenvalue weighted by Gasteiger charge is -2.27. The molecule has 0 aliphatic rings. The fourth-order valence-corrected chi connectivity index (χ4v) is 2.66. The van der Waals surface area contributed by atoms with Crippen LogP contribution in [-0.2, 0) is 4.79 Å². The Hall–Kier alpha value is -2.40. The fourth-order valence-electron chi connectivity index (χ4n) is 1.98. The van der Waals surface area contributed by atoms with Crippen molar-refractivity contribution >= 4 is 17.7 Å². The van der Waals surface area contributed by atoms with Crippen LogP contribution < -0.4 is 5.32 Å². The van der Waals surface area contributed by atoms with Crippen LogP contribution in [0.5, 0.6) is 0 Å². The third kappa shape index (κ3) is 3.92. The molecule has 0 bridgehead atoms. The number of hydrogen-bond acceptors (Lipinski definition) is 6. The van der Waals surface area contributed by atoms with Gasteiger partial charge in [-0.05, 0) is 41.8 Å². The summed E-state index contributed by atoms with van der Waals surface area (Å²) in [6.45, 7) is 7.49. The summed E-state index contributed by atoms with van der Waals surface area (Å²) >= 11 is 1.23. The second-order valence-electron chi connectivity index (χ2n) is 5.97. The molecule has 8 heteroatoms. The first kappa shape index (κ1) is 17.9. The molecule has 7 nitrogen and oxygen atoms in total. The van der Waals surface area contributed by atoms with Crippen molar-refractivity contribution in [2.24, 2.45) is 5.92 Å². The number of benzene rings is 1. The Morgan fingerprint density at radius 3 is 2.79 bits per heavy atom. The van der Waals surface area contributed by atoms with Gasteiger partial charge in [-0.3, -0.25) is 4.79 Å². The summed E-state index contributed by atoms with van der Waals surface area (Å²) < 4.78 is 1.61. The number of aromatic nitrogens is 4. The lowest BCUT2D eigenvalue weighted by atomic mass is 9.90. The maximum Gasteiger partial charge on any atom is 0.231 e. The van der Waals surface area contributed by atoms with E-state index in [1.807, 2.05) is 45.0 Å². The molecular weight excluding hydrogens is 324 g/mol. The number of carbonyl (C=O) groups excluding carboxylic acids is 1. The monoisotopic (exact) mass is 344 g/mol. The van der Waals surface area contributed by atoms with Crippen molar-refractivity contribution in [2.45, 2.75) is 38.4 Å². The number of para-hydroxylation sites is 1. The minimum atomic E-state index is -0.889. The lowest BCUT2D eigenvalue weighted by molar-refractivity contribution is -0.120. The average Bonchev–Trinajstić information content (AvgIpc) is 3.01. The van der Waals surface area contributed by atoms with Crippen molar-refractivity contribution in [2.75, 3.05) is 5.75 Å². The molecule has 0 spiro atoms. The van der Waals surface area contributed by atoms with Crippen LogP contribution in [0.4, 0.5) is 0 Å². The van der Waals surface area contributed by atoms with E-state index in [2.05, 4.69) is 26.9 Å². The highest BCUT2D eigenvalue weighted by Gasteiger charge is 2.30. The van der Waals surface area contributed by atoms with Crippen molar-refractivity contribution < 1.29 is 4.79 Å². The third-order valence-corrected chi connectivity index (χ3v) is 4.82.